The first-order valence-electron chi connectivity index (χ1n) is 11.4. The molecule has 1 saturated heterocycles. The first-order valence-corrected chi connectivity index (χ1v) is 11.4. The third kappa shape index (κ3) is 3.56. The van der Waals surface area contributed by atoms with Gasteiger partial charge in [-0.25, -0.2) is 0 Å². The lowest BCUT2D eigenvalue weighted by Crippen LogP contribution is -2.68. The first-order chi connectivity index (χ1) is 16.2. The SMILES string of the molecule is COc1ccncc1N(c1ccc(C(F)(F)F)cc1)C1CCN(C(=O)C23CC(C#N)(C2)C3)CC1. The number of anilines is 2. The van der Waals surface area contributed by atoms with E-state index in [4.69, 9.17) is 4.74 Å². The Morgan fingerprint density at radius 3 is 2.38 bits per heavy atom. The molecule has 178 valence electrons. The molecule has 1 aromatic heterocycles. The van der Waals surface area contributed by atoms with Crippen LogP contribution in [-0.4, -0.2) is 42.0 Å². The number of hydrogen-bond donors (Lipinski definition) is 0. The van der Waals surface area contributed by atoms with Gasteiger partial charge in [0.25, 0.3) is 0 Å². The number of benzene rings is 1. The number of halogens is 3. The highest BCUT2D eigenvalue weighted by Gasteiger charge is 2.72. The van der Waals surface area contributed by atoms with E-state index in [0.717, 1.165) is 12.1 Å². The van der Waals surface area contributed by atoms with Crippen LogP contribution < -0.4 is 9.64 Å². The summed E-state index contributed by atoms with van der Waals surface area (Å²) in [5.74, 6) is 0.715. The minimum Gasteiger partial charge on any atom is -0.494 e. The maximum absolute atomic E-state index is 13.1. The van der Waals surface area contributed by atoms with E-state index in [1.807, 2.05) is 9.80 Å². The molecular weight excluding hydrogens is 445 g/mol. The number of rotatable bonds is 5. The van der Waals surface area contributed by atoms with E-state index < -0.39 is 11.7 Å². The van der Waals surface area contributed by atoms with Crippen LogP contribution in [0.4, 0.5) is 24.5 Å². The van der Waals surface area contributed by atoms with Gasteiger partial charge in [0.05, 0.1) is 35.8 Å². The number of aromatic nitrogens is 1. The fourth-order valence-electron chi connectivity index (χ4n) is 5.88. The molecule has 9 heteroatoms. The molecule has 6 nitrogen and oxygen atoms in total. The highest BCUT2D eigenvalue weighted by molar-refractivity contribution is 5.87. The molecule has 2 aromatic rings. The lowest BCUT2D eigenvalue weighted by molar-refractivity contribution is -0.196. The lowest BCUT2D eigenvalue weighted by atomic mass is 9.35. The molecule has 1 aliphatic heterocycles. The molecule has 1 amide bonds. The zero-order valence-electron chi connectivity index (χ0n) is 18.8. The van der Waals surface area contributed by atoms with Gasteiger partial charge in [0.2, 0.25) is 5.91 Å². The quantitative estimate of drug-likeness (QED) is 0.620. The minimum atomic E-state index is -4.41. The zero-order valence-corrected chi connectivity index (χ0v) is 18.8. The predicted octanol–water partition coefficient (Wildman–Crippen LogP) is 4.93. The number of likely N-dealkylation sites (tertiary alicyclic amines) is 1. The largest absolute Gasteiger partial charge is 0.494 e. The summed E-state index contributed by atoms with van der Waals surface area (Å²) in [5, 5.41) is 9.25. The Morgan fingerprint density at radius 2 is 1.82 bits per heavy atom. The number of carbonyl (C=O) groups excluding carboxylic acids is 1. The van der Waals surface area contributed by atoms with Crippen molar-refractivity contribution in [1.82, 2.24) is 9.88 Å². The number of pyridine rings is 1. The van der Waals surface area contributed by atoms with Crippen LogP contribution in [0.15, 0.2) is 42.7 Å². The Morgan fingerprint density at radius 1 is 1.18 bits per heavy atom. The average Bonchev–Trinajstić information content (AvgIpc) is 2.78. The number of piperidine rings is 1. The number of hydrogen-bond acceptors (Lipinski definition) is 5. The van der Waals surface area contributed by atoms with Gasteiger partial charge in [0.1, 0.15) is 11.4 Å². The molecule has 4 fully saturated rings. The molecule has 34 heavy (non-hydrogen) atoms. The van der Waals surface area contributed by atoms with Gasteiger partial charge in [-0.1, -0.05) is 0 Å². The normalized spacial score (nSPS) is 26.1. The van der Waals surface area contributed by atoms with Crippen LogP contribution in [0.1, 0.15) is 37.7 Å². The molecule has 0 radical (unpaired) electrons. The van der Waals surface area contributed by atoms with Crippen LogP contribution >= 0.6 is 0 Å². The fraction of sp³-hybridized carbons (Fsp3) is 0.480. The summed E-state index contributed by atoms with van der Waals surface area (Å²) in [6, 6.07) is 9.12. The second-order valence-corrected chi connectivity index (χ2v) is 9.69. The van der Waals surface area contributed by atoms with Gasteiger partial charge in [-0.3, -0.25) is 9.78 Å². The summed E-state index contributed by atoms with van der Waals surface area (Å²) in [6.45, 7) is 1.12. The molecular formula is C25H25F3N4O2. The van der Waals surface area contributed by atoms with E-state index in [-0.39, 0.29) is 22.8 Å². The van der Waals surface area contributed by atoms with Gasteiger partial charge >= 0.3 is 6.18 Å². The maximum Gasteiger partial charge on any atom is 0.416 e. The first kappa shape index (κ1) is 22.5. The maximum atomic E-state index is 13.1. The minimum absolute atomic E-state index is 0.0441. The molecule has 1 aromatic carbocycles. The van der Waals surface area contributed by atoms with E-state index in [2.05, 4.69) is 11.1 Å². The van der Waals surface area contributed by atoms with Crippen LogP contribution in [0.5, 0.6) is 5.75 Å². The molecule has 4 aliphatic rings. The van der Waals surface area contributed by atoms with Crippen LogP contribution in [0.3, 0.4) is 0 Å². The molecule has 2 bridgehead atoms. The lowest BCUT2D eigenvalue weighted by Gasteiger charge is -2.66. The van der Waals surface area contributed by atoms with E-state index >= 15 is 0 Å². The number of carbonyl (C=O) groups is 1. The van der Waals surface area contributed by atoms with Crippen molar-refractivity contribution in [2.24, 2.45) is 10.8 Å². The van der Waals surface area contributed by atoms with Crippen molar-refractivity contribution in [1.29, 1.82) is 5.26 Å². The van der Waals surface area contributed by atoms with Crippen molar-refractivity contribution in [3.8, 4) is 11.8 Å². The third-order valence-electron chi connectivity index (χ3n) is 7.55. The van der Waals surface area contributed by atoms with Crippen molar-refractivity contribution < 1.29 is 22.7 Å². The Labute approximate surface area is 195 Å². The average molecular weight is 470 g/mol. The topological polar surface area (TPSA) is 69.5 Å². The zero-order chi connectivity index (χ0) is 24.1. The Balaban J connectivity index is 1.36. The Hall–Kier alpha value is -3.28. The third-order valence-corrected chi connectivity index (χ3v) is 7.55. The van der Waals surface area contributed by atoms with Gasteiger partial charge in [0, 0.05) is 37.1 Å². The summed E-state index contributed by atoms with van der Waals surface area (Å²) < 4.78 is 44.9. The van der Waals surface area contributed by atoms with Crippen molar-refractivity contribution in [3.63, 3.8) is 0 Å². The van der Waals surface area contributed by atoms with Crippen molar-refractivity contribution in [3.05, 3.63) is 48.3 Å². The van der Waals surface area contributed by atoms with Crippen molar-refractivity contribution >= 4 is 17.3 Å². The summed E-state index contributed by atoms with van der Waals surface area (Å²) in [5.41, 5.74) is -0.0419. The molecule has 2 heterocycles. The molecule has 0 unspecified atom stereocenters. The highest BCUT2D eigenvalue weighted by Crippen LogP contribution is 2.73. The molecule has 0 atom stereocenters. The summed E-state index contributed by atoms with van der Waals surface area (Å²) in [4.78, 5) is 21.2. The molecule has 6 rings (SSSR count). The smallest absolute Gasteiger partial charge is 0.416 e. The van der Waals surface area contributed by atoms with E-state index in [9.17, 15) is 23.2 Å². The molecule has 3 saturated carbocycles. The van der Waals surface area contributed by atoms with Crippen LogP contribution in [0.2, 0.25) is 0 Å². The van der Waals surface area contributed by atoms with Crippen LogP contribution in [-0.2, 0) is 11.0 Å². The standard InChI is InChI=1S/C25H25F3N4O2/c1-34-21-6-9-30-12-20(21)32(18-4-2-17(3-5-18)25(26,27)28)19-7-10-31(11-8-19)22(33)24-13-23(14-24,15-24)16-29/h2-6,9,12,19H,7-8,10-11,13-15H2,1H3. The Kier molecular flexibility index (Phi) is 5.23. The number of alkyl halides is 3. The van der Waals surface area contributed by atoms with Gasteiger partial charge in [-0.05, 0) is 56.4 Å². The van der Waals surface area contributed by atoms with Gasteiger partial charge in [-0.15, -0.1) is 0 Å². The molecule has 3 aliphatic carbocycles. The molecule has 0 spiro atoms. The van der Waals surface area contributed by atoms with Gasteiger partial charge in [-0.2, -0.15) is 18.4 Å². The van der Waals surface area contributed by atoms with Crippen molar-refractivity contribution in [2.45, 2.75) is 44.3 Å². The molecule has 0 N–H and O–H groups in total. The van der Waals surface area contributed by atoms with Crippen LogP contribution in [0, 0.1) is 22.2 Å². The van der Waals surface area contributed by atoms with E-state index in [1.54, 1.807) is 25.6 Å². The summed E-state index contributed by atoms with van der Waals surface area (Å²) in [6.07, 6.45) is 2.16. The number of nitriles is 1. The fourth-order valence-corrected chi connectivity index (χ4v) is 5.88. The number of amides is 1. The number of ether oxygens (including phenoxy) is 1. The number of methoxy groups -OCH3 is 1. The predicted molar refractivity (Wildman–Crippen MR) is 118 cm³/mol. The Bertz CT molecular complexity index is 1110. The monoisotopic (exact) mass is 470 g/mol. The number of nitrogens with zero attached hydrogens (tertiary/aromatic N) is 4. The van der Waals surface area contributed by atoms with E-state index in [1.165, 1.54) is 12.1 Å². The second-order valence-electron chi connectivity index (χ2n) is 9.69. The van der Waals surface area contributed by atoms with Crippen LogP contribution in [0.25, 0.3) is 0 Å². The van der Waals surface area contributed by atoms with Crippen molar-refractivity contribution in [2.75, 3.05) is 25.1 Å². The summed E-state index contributed by atoms with van der Waals surface area (Å²) in [7, 11) is 1.54. The highest BCUT2D eigenvalue weighted by atomic mass is 19.4. The summed E-state index contributed by atoms with van der Waals surface area (Å²) >= 11 is 0. The van der Waals surface area contributed by atoms with E-state index in [0.29, 0.717) is 62.3 Å². The van der Waals surface area contributed by atoms with Gasteiger partial charge < -0.3 is 14.5 Å². The second kappa shape index (κ2) is 7.90. The van der Waals surface area contributed by atoms with Gasteiger partial charge in [0.15, 0.2) is 0 Å².